The quantitative estimate of drug-likeness (QED) is 0.895. The highest BCUT2D eigenvalue weighted by atomic mass is 16.2. The summed E-state index contributed by atoms with van der Waals surface area (Å²) in [6, 6.07) is 14.2. The third-order valence-electron chi connectivity index (χ3n) is 5.02. The van der Waals surface area contributed by atoms with Gasteiger partial charge in [0.1, 0.15) is 0 Å². The van der Waals surface area contributed by atoms with E-state index in [0.717, 1.165) is 23.2 Å². The van der Waals surface area contributed by atoms with E-state index in [9.17, 15) is 9.59 Å². The largest absolute Gasteiger partial charge is 0.342 e. The maximum Gasteiger partial charge on any atom is 0.229 e. The molecule has 1 aliphatic rings. The molecule has 4 nitrogen and oxygen atoms in total. The fourth-order valence-electron chi connectivity index (χ4n) is 3.68. The summed E-state index contributed by atoms with van der Waals surface area (Å²) in [4.78, 5) is 26.8. The molecule has 0 radical (unpaired) electrons. The highest BCUT2D eigenvalue weighted by Gasteiger charge is 2.34. The lowest BCUT2D eigenvalue weighted by Gasteiger charge is -2.18. The normalized spacial score (nSPS) is 16.8. The average Bonchev–Trinajstić information content (AvgIpc) is 2.98. The van der Waals surface area contributed by atoms with Gasteiger partial charge >= 0.3 is 0 Å². The number of rotatable bonds is 5. The molecule has 1 heterocycles. The molecule has 2 aromatic rings. The van der Waals surface area contributed by atoms with Crippen LogP contribution in [0.25, 0.3) is 0 Å². The first-order chi connectivity index (χ1) is 12.4. The van der Waals surface area contributed by atoms with Gasteiger partial charge in [0.05, 0.1) is 5.92 Å². The van der Waals surface area contributed by atoms with E-state index in [-0.39, 0.29) is 17.7 Å². The fourth-order valence-corrected chi connectivity index (χ4v) is 3.68. The Morgan fingerprint density at radius 2 is 1.77 bits per heavy atom. The Bertz CT molecular complexity index is 791. The molecule has 136 valence electrons. The maximum absolute atomic E-state index is 12.7. The van der Waals surface area contributed by atoms with Crippen molar-refractivity contribution in [3.63, 3.8) is 0 Å². The van der Waals surface area contributed by atoms with Gasteiger partial charge in [-0.1, -0.05) is 48.0 Å². The summed E-state index contributed by atoms with van der Waals surface area (Å²) >= 11 is 0. The number of aryl methyl sites for hydroxylation is 3. The van der Waals surface area contributed by atoms with Gasteiger partial charge in [0.15, 0.2) is 0 Å². The second-order valence-electron chi connectivity index (χ2n) is 7.24. The number of nitrogens with one attached hydrogen (secondary N) is 1. The number of hydrogen-bond donors (Lipinski definition) is 1. The van der Waals surface area contributed by atoms with Gasteiger partial charge in [-0.05, 0) is 43.9 Å². The van der Waals surface area contributed by atoms with Crippen molar-refractivity contribution in [2.45, 2.75) is 33.6 Å². The number of nitrogens with zero attached hydrogens (tertiary/aromatic N) is 1. The molecule has 1 saturated heterocycles. The first kappa shape index (κ1) is 18.2. The summed E-state index contributed by atoms with van der Waals surface area (Å²) in [5, 5.41) is 3.04. The predicted octanol–water partition coefficient (Wildman–Crippen LogP) is 3.64. The van der Waals surface area contributed by atoms with E-state index in [0.29, 0.717) is 19.5 Å². The lowest BCUT2D eigenvalue weighted by Crippen LogP contribution is -2.30. The smallest absolute Gasteiger partial charge is 0.229 e. The van der Waals surface area contributed by atoms with Crippen molar-refractivity contribution < 1.29 is 9.59 Å². The molecule has 26 heavy (non-hydrogen) atoms. The molecule has 2 amide bonds. The standard InChI is InChI=1S/C22H26N2O2/c1-15-11-16(2)21(17(3)12-15)23-22(26)19-13-20(25)24(14-19)10-9-18-7-5-4-6-8-18/h4-8,11-12,19H,9-10,13-14H2,1-3H3,(H,23,26). The Morgan fingerprint density at radius 1 is 1.12 bits per heavy atom. The van der Waals surface area contributed by atoms with E-state index >= 15 is 0 Å². The molecule has 3 rings (SSSR count). The molecule has 1 N–H and O–H groups in total. The second kappa shape index (κ2) is 7.73. The Labute approximate surface area is 155 Å². The molecule has 1 fully saturated rings. The minimum absolute atomic E-state index is 0.0596. The zero-order chi connectivity index (χ0) is 18.7. The molecule has 1 unspecified atom stereocenters. The summed E-state index contributed by atoms with van der Waals surface area (Å²) in [6.07, 6.45) is 1.11. The Kier molecular flexibility index (Phi) is 5.40. The van der Waals surface area contributed by atoms with Gasteiger partial charge in [-0.25, -0.2) is 0 Å². The van der Waals surface area contributed by atoms with E-state index in [1.807, 2.05) is 43.9 Å². The van der Waals surface area contributed by atoms with Crippen molar-refractivity contribution in [1.29, 1.82) is 0 Å². The number of carbonyl (C=O) groups excluding carboxylic acids is 2. The van der Waals surface area contributed by atoms with Crippen molar-refractivity contribution >= 4 is 17.5 Å². The van der Waals surface area contributed by atoms with Crippen LogP contribution >= 0.6 is 0 Å². The van der Waals surface area contributed by atoms with Crippen molar-refractivity contribution in [2.75, 3.05) is 18.4 Å². The molecule has 0 aromatic heterocycles. The number of anilines is 1. The number of likely N-dealkylation sites (tertiary alicyclic amines) is 1. The maximum atomic E-state index is 12.7. The molecule has 0 spiro atoms. The molecule has 1 atom stereocenters. The summed E-state index contributed by atoms with van der Waals surface area (Å²) in [7, 11) is 0. The van der Waals surface area contributed by atoms with E-state index in [1.54, 1.807) is 0 Å². The van der Waals surface area contributed by atoms with Gasteiger partial charge in [0.25, 0.3) is 0 Å². The fraction of sp³-hybridized carbons (Fsp3) is 0.364. The van der Waals surface area contributed by atoms with Crippen LogP contribution in [0.1, 0.15) is 28.7 Å². The average molecular weight is 350 g/mol. The van der Waals surface area contributed by atoms with Crippen LogP contribution in [0.4, 0.5) is 5.69 Å². The van der Waals surface area contributed by atoms with Crippen LogP contribution in [0.15, 0.2) is 42.5 Å². The summed E-state index contributed by atoms with van der Waals surface area (Å²) in [5.41, 5.74) is 5.37. The molecule has 4 heteroatoms. The van der Waals surface area contributed by atoms with Crippen LogP contribution in [0.3, 0.4) is 0 Å². The highest BCUT2D eigenvalue weighted by Crippen LogP contribution is 2.25. The molecule has 2 aromatic carbocycles. The van der Waals surface area contributed by atoms with Crippen molar-refractivity contribution in [1.82, 2.24) is 4.90 Å². The van der Waals surface area contributed by atoms with Gasteiger partial charge in [0.2, 0.25) is 11.8 Å². The molecule has 0 saturated carbocycles. The summed E-state index contributed by atoms with van der Waals surface area (Å²) in [6.45, 7) is 7.21. The van der Waals surface area contributed by atoms with Crippen molar-refractivity contribution in [3.8, 4) is 0 Å². The summed E-state index contributed by atoms with van der Waals surface area (Å²) in [5.74, 6) is -0.271. The topological polar surface area (TPSA) is 49.4 Å². The zero-order valence-corrected chi connectivity index (χ0v) is 15.7. The van der Waals surface area contributed by atoms with Crippen molar-refractivity contribution in [3.05, 3.63) is 64.7 Å². The van der Waals surface area contributed by atoms with Crippen LogP contribution in [-0.4, -0.2) is 29.8 Å². The highest BCUT2D eigenvalue weighted by molar-refractivity contribution is 5.98. The first-order valence-electron chi connectivity index (χ1n) is 9.14. The minimum Gasteiger partial charge on any atom is -0.342 e. The third kappa shape index (κ3) is 4.13. The van der Waals surface area contributed by atoms with Crippen LogP contribution in [0.5, 0.6) is 0 Å². The van der Waals surface area contributed by atoms with Gasteiger partial charge in [-0.2, -0.15) is 0 Å². The van der Waals surface area contributed by atoms with Crippen LogP contribution in [0, 0.1) is 26.7 Å². The number of amides is 2. The number of benzene rings is 2. The predicted molar refractivity (Wildman–Crippen MR) is 104 cm³/mol. The van der Waals surface area contributed by atoms with Crippen LogP contribution in [0.2, 0.25) is 0 Å². The second-order valence-corrected chi connectivity index (χ2v) is 7.24. The first-order valence-corrected chi connectivity index (χ1v) is 9.14. The van der Waals surface area contributed by atoms with Crippen molar-refractivity contribution in [2.24, 2.45) is 5.92 Å². The molecular weight excluding hydrogens is 324 g/mol. The lowest BCUT2D eigenvalue weighted by molar-refractivity contribution is -0.128. The van der Waals surface area contributed by atoms with Crippen LogP contribution < -0.4 is 5.32 Å². The molecule has 1 aliphatic heterocycles. The zero-order valence-electron chi connectivity index (χ0n) is 15.7. The third-order valence-corrected chi connectivity index (χ3v) is 5.02. The number of hydrogen-bond acceptors (Lipinski definition) is 2. The number of carbonyl (C=O) groups is 2. The minimum atomic E-state index is -0.279. The van der Waals surface area contributed by atoms with Gasteiger partial charge in [0, 0.05) is 25.2 Å². The van der Waals surface area contributed by atoms with E-state index in [1.165, 1.54) is 11.1 Å². The van der Waals surface area contributed by atoms with Gasteiger partial charge < -0.3 is 10.2 Å². The Morgan fingerprint density at radius 3 is 2.42 bits per heavy atom. The van der Waals surface area contributed by atoms with E-state index in [4.69, 9.17) is 0 Å². The molecule has 0 bridgehead atoms. The Balaban J connectivity index is 1.60. The van der Waals surface area contributed by atoms with E-state index < -0.39 is 0 Å². The molecule has 0 aliphatic carbocycles. The SMILES string of the molecule is Cc1cc(C)c(NC(=O)C2CC(=O)N(CCc3ccccc3)C2)c(C)c1. The summed E-state index contributed by atoms with van der Waals surface area (Å²) < 4.78 is 0. The van der Waals surface area contributed by atoms with Crippen LogP contribution in [-0.2, 0) is 16.0 Å². The van der Waals surface area contributed by atoms with Gasteiger partial charge in [-0.15, -0.1) is 0 Å². The lowest BCUT2D eigenvalue weighted by atomic mass is 10.0. The van der Waals surface area contributed by atoms with E-state index in [2.05, 4.69) is 29.6 Å². The monoisotopic (exact) mass is 350 g/mol. The Hall–Kier alpha value is -2.62. The molecular formula is C22H26N2O2. The van der Waals surface area contributed by atoms with Gasteiger partial charge in [-0.3, -0.25) is 9.59 Å².